The predicted molar refractivity (Wildman–Crippen MR) is 138 cm³/mol. The first-order valence-electron chi connectivity index (χ1n) is 12.6. The Morgan fingerprint density at radius 1 is 1.19 bits per heavy atom. The van der Waals surface area contributed by atoms with Crippen LogP contribution in [0.5, 0.6) is 11.5 Å². The molecule has 3 aliphatic rings. The lowest BCUT2D eigenvalue weighted by Gasteiger charge is -2.27. The van der Waals surface area contributed by atoms with Crippen LogP contribution in [0.3, 0.4) is 0 Å². The van der Waals surface area contributed by atoms with Crippen molar-refractivity contribution >= 4 is 23.8 Å². The number of hydrogen-bond acceptors (Lipinski definition) is 6. The predicted octanol–water partition coefficient (Wildman–Crippen LogP) is 3.60. The van der Waals surface area contributed by atoms with Crippen LogP contribution in [0.1, 0.15) is 65.2 Å². The topological polar surface area (TPSA) is 106 Å². The number of aliphatic imine (C=N–C) groups is 1. The van der Waals surface area contributed by atoms with Gasteiger partial charge in [0.05, 0.1) is 25.3 Å². The average Bonchev–Trinajstić information content (AvgIpc) is 2.89. The SMILES string of the molecule is CN1C(=O)CC(CC/C=C\c2ccc3c(c2)C(NC(=O)c2ccc4c(c2)CCCO4)CCO3)N=C1N. The molecule has 0 radical (unpaired) electrons. The number of amides is 2. The zero-order valence-electron chi connectivity index (χ0n) is 20.5. The van der Waals surface area contributed by atoms with E-state index < -0.39 is 0 Å². The molecule has 5 rings (SSSR count). The van der Waals surface area contributed by atoms with Crippen LogP contribution in [0.15, 0.2) is 47.5 Å². The molecular weight excluding hydrogens is 456 g/mol. The molecule has 8 heteroatoms. The normalized spacial score (nSPS) is 21.2. The number of allylic oxidation sites excluding steroid dienone is 1. The average molecular weight is 489 g/mol. The Bertz CT molecular complexity index is 1220. The van der Waals surface area contributed by atoms with Crippen molar-refractivity contribution in [2.45, 2.75) is 50.6 Å². The van der Waals surface area contributed by atoms with Gasteiger partial charge in [-0.2, -0.15) is 0 Å². The van der Waals surface area contributed by atoms with Gasteiger partial charge in [0, 0.05) is 31.0 Å². The van der Waals surface area contributed by atoms with E-state index in [1.165, 1.54) is 4.90 Å². The largest absolute Gasteiger partial charge is 0.493 e. The van der Waals surface area contributed by atoms with Gasteiger partial charge in [-0.1, -0.05) is 18.2 Å². The quantitative estimate of drug-likeness (QED) is 0.646. The molecule has 0 aliphatic carbocycles. The molecule has 36 heavy (non-hydrogen) atoms. The highest BCUT2D eigenvalue weighted by atomic mass is 16.5. The maximum atomic E-state index is 13.1. The highest BCUT2D eigenvalue weighted by Crippen LogP contribution is 2.34. The number of carbonyl (C=O) groups is 2. The van der Waals surface area contributed by atoms with Gasteiger partial charge in [0.2, 0.25) is 5.91 Å². The van der Waals surface area contributed by atoms with E-state index in [0.29, 0.717) is 25.0 Å². The van der Waals surface area contributed by atoms with E-state index in [0.717, 1.165) is 60.5 Å². The Balaban J connectivity index is 1.23. The number of guanidine groups is 1. The van der Waals surface area contributed by atoms with Crippen LogP contribution in [0, 0.1) is 0 Å². The summed E-state index contributed by atoms with van der Waals surface area (Å²) in [6, 6.07) is 11.5. The van der Waals surface area contributed by atoms with Gasteiger partial charge in [0.15, 0.2) is 5.96 Å². The van der Waals surface area contributed by atoms with E-state index in [2.05, 4.69) is 28.5 Å². The van der Waals surface area contributed by atoms with Crippen LogP contribution < -0.4 is 20.5 Å². The third-order valence-corrected chi connectivity index (χ3v) is 6.97. The number of benzene rings is 2. The van der Waals surface area contributed by atoms with Crippen molar-refractivity contribution in [1.29, 1.82) is 0 Å². The summed E-state index contributed by atoms with van der Waals surface area (Å²) in [5.74, 6) is 1.88. The minimum Gasteiger partial charge on any atom is -0.493 e. The summed E-state index contributed by atoms with van der Waals surface area (Å²) in [5, 5.41) is 3.20. The molecule has 2 atom stereocenters. The first-order chi connectivity index (χ1) is 17.5. The second-order valence-electron chi connectivity index (χ2n) is 9.51. The first kappa shape index (κ1) is 23.9. The molecule has 8 nitrogen and oxygen atoms in total. The molecule has 0 saturated heterocycles. The molecule has 3 heterocycles. The Morgan fingerprint density at radius 3 is 2.89 bits per heavy atom. The maximum Gasteiger partial charge on any atom is 0.251 e. The van der Waals surface area contributed by atoms with Crippen molar-refractivity contribution in [3.05, 3.63) is 64.7 Å². The fourth-order valence-electron chi connectivity index (χ4n) is 4.87. The van der Waals surface area contributed by atoms with Gasteiger partial charge in [0.1, 0.15) is 11.5 Å². The Labute approximate surface area is 211 Å². The summed E-state index contributed by atoms with van der Waals surface area (Å²) in [4.78, 5) is 30.8. The zero-order valence-corrected chi connectivity index (χ0v) is 20.5. The van der Waals surface area contributed by atoms with E-state index in [-0.39, 0.29) is 29.9 Å². The molecule has 0 bridgehead atoms. The Hall–Kier alpha value is -3.81. The molecule has 2 unspecified atom stereocenters. The summed E-state index contributed by atoms with van der Waals surface area (Å²) in [6.07, 6.45) is 8.69. The molecule has 188 valence electrons. The van der Waals surface area contributed by atoms with Gasteiger partial charge in [-0.25, -0.2) is 4.99 Å². The minimum atomic E-state index is -0.121. The Morgan fingerprint density at radius 2 is 2.03 bits per heavy atom. The van der Waals surface area contributed by atoms with E-state index in [9.17, 15) is 9.59 Å². The van der Waals surface area contributed by atoms with E-state index >= 15 is 0 Å². The van der Waals surface area contributed by atoms with Crippen LogP contribution in [-0.4, -0.2) is 49.0 Å². The lowest BCUT2D eigenvalue weighted by atomic mass is 9.97. The van der Waals surface area contributed by atoms with Crippen molar-refractivity contribution < 1.29 is 19.1 Å². The molecule has 2 aromatic carbocycles. The third-order valence-electron chi connectivity index (χ3n) is 6.97. The van der Waals surface area contributed by atoms with Crippen molar-refractivity contribution in [3.63, 3.8) is 0 Å². The fraction of sp³-hybridized carbons (Fsp3) is 0.393. The van der Waals surface area contributed by atoms with Crippen LogP contribution in [0.2, 0.25) is 0 Å². The van der Waals surface area contributed by atoms with E-state index in [1.54, 1.807) is 7.05 Å². The van der Waals surface area contributed by atoms with Crippen molar-refractivity contribution in [2.24, 2.45) is 10.7 Å². The van der Waals surface area contributed by atoms with E-state index in [1.807, 2.05) is 30.3 Å². The number of aryl methyl sites for hydroxylation is 1. The minimum absolute atomic E-state index is 0.00276. The number of ether oxygens (including phenoxy) is 2. The first-order valence-corrected chi connectivity index (χ1v) is 12.6. The number of nitrogens with zero attached hydrogens (tertiary/aromatic N) is 2. The van der Waals surface area contributed by atoms with Crippen LogP contribution in [0.25, 0.3) is 6.08 Å². The van der Waals surface area contributed by atoms with Gasteiger partial charge in [-0.15, -0.1) is 0 Å². The zero-order chi connectivity index (χ0) is 25.1. The smallest absolute Gasteiger partial charge is 0.251 e. The molecule has 0 spiro atoms. The molecule has 2 amide bonds. The molecule has 0 aromatic heterocycles. The lowest BCUT2D eigenvalue weighted by Crippen LogP contribution is -2.44. The number of fused-ring (bicyclic) bond motifs is 2. The number of rotatable bonds is 6. The van der Waals surface area contributed by atoms with Gasteiger partial charge in [-0.05, 0) is 67.1 Å². The van der Waals surface area contributed by atoms with Gasteiger partial charge < -0.3 is 20.5 Å². The molecule has 3 aliphatic heterocycles. The summed E-state index contributed by atoms with van der Waals surface area (Å²) < 4.78 is 11.5. The molecule has 3 N–H and O–H groups in total. The van der Waals surface area contributed by atoms with E-state index in [4.69, 9.17) is 15.2 Å². The standard InChI is InChI=1S/C28H32N4O4/c1-32-26(33)17-21(30-28(32)29)7-3-2-5-18-8-10-25-22(15-18)23(12-14-36-25)31-27(34)20-9-11-24-19(16-20)6-4-13-35-24/h2,5,8-11,15-16,21,23H,3-4,6-7,12-14,17H2,1H3,(H2,29,30)(H,31,34)/b5-2-. The van der Waals surface area contributed by atoms with Crippen LogP contribution >= 0.6 is 0 Å². The summed E-state index contributed by atoms with van der Waals surface area (Å²) in [6.45, 7) is 1.29. The molecule has 0 fully saturated rings. The Kier molecular flexibility index (Phi) is 6.93. The summed E-state index contributed by atoms with van der Waals surface area (Å²) in [7, 11) is 1.65. The monoisotopic (exact) mass is 488 g/mol. The van der Waals surface area contributed by atoms with Crippen LogP contribution in [0.4, 0.5) is 0 Å². The number of nitrogens with two attached hydrogens (primary N) is 1. The maximum absolute atomic E-state index is 13.1. The summed E-state index contributed by atoms with van der Waals surface area (Å²) in [5.41, 5.74) is 9.58. The number of hydrogen-bond donors (Lipinski definition) is 2. The van der Waals surface area contributed by atoms with Gasteiger partial charge >= 0.3 is 0 Å². The van der Waals surface area contributed by atoms with Crippen molar-refractivity contribution in [1.82, 2.24) is 10.2 Å². The molecule has 2 aromatic rings. The van der Waals surface area contributed by atoms with Gasteiger partial charge in [0.25, 0.3) is 5.91 Å². The third kappa shape index (κ3) is 5.22. The second-order valence-corrected chi connectivity index (χ2v) is 9.51. The lowest BCUT2D eigenvalue weighted by molar-refractivity contribution is -0.127. The molecule has 0 saturated carbocycles. The number of nitrogens with one attached hydrogen (secondary N) is 1. The van der Waals surface area contributed by atoms with Crippen molar-refractivity contribution in [3.8, 4) is 11.5 Å². The van der Waals surface area contributed by atoms with Crippen LogP contribution in [-0.2, 0) is 11.2 Å². The highest BCUT2D eigenvalue weighted by Gasteiger charge is 2.25. The molecular formula is C28H32N4O4. The fourth-order valence-corrected chi connectivity index (χ4v) is 4.87. The van der Waals surface area contributed by atoms with Crippen molar-refractivity contribution in [2.75, 3.05) is 20.3 Å². The summed E-state index contributed by atoms with van der Waals surface area (Å²) >= 11 is 0. The number of carbonyl (C=O) groups excluding carboxylic acids is 2. The van der Waals surface area contributed by atoms with Gasteiger partial charge in [-0.3, -0.25) is 14.5 Å². The highest BCUT2D eigenvalue weighted by molar-refractivity contribution is 5.98. The second kappa shape index (κ2) is 10.4.